The number of nitro groups is 1. The lowest BCUT2D eigenvalue weighted by atomic mass is 10.1. The number of methoxy groups -OCH3 is 1. The molecule has 0 aromatic heterocycles. The molecule has 1 heterocycles. The van der Waals surface area contributed by atoms with E-state index < -0.39 is 10.9 Å². The summed E-state index contributed by atoms with van der Waals surface area (Å²) in [6.07, 6.45) is 1.45. The number of nitrogens with zero attached hydrogens (tertiary/aromatic N) is 2. The van der Waals surface area contributed by atoms with Crippen LogP contribution in [0.1, 0.15) is 16.7 Å². The molecule has 0 radical (unpaired) electrons. The Hall–Kier alpha value is -4.24. The second kappa shape index (κ2) is 9.72. The lowest BCUT2D eigenvalue weighted by molar-refractivity contribution is -0.384. The molecule has 172 valence electrons. The number of para-hydroxylation sites is 1. The Bertz CT molecular complexity index is 1340. The first-order valence-electron chi connectivity index (χ1n) is 9.87. The van der Waals surface area contributed by atoms with Crippen LogP contribution in [-0.2, 0) is 16.1 Å². The van der Waals surface area contributed by atoms with Crippen LogP contribution in [0, 0.1) is 15.9 Å². The van der Waals surface area contributed by atoms with Gasteiger partial charge in [0.1, 0.15) is 12.4 Å². The predicted octanol–water partition coefficient (Wildman–Crippen LogP) is 5.32. The molecule has 3 aromatic rings. The molecule has 1 aliphatic rings. The molecule has 3 aromatic carbocycles. The number of aliphatic imine (C=N–C) groups is 1. The number of nitro benzene ring substituents is 1. The van der Waals surface area contributed by atoms with Crippen LogP contribution in [0.15, 0.2) is 71.4 Å². The molecule has 4 rings (SSSR count). The Morgan fingerprint density at radius 3 is 2.65 bits per heavy atom. The monoisotopic (exact) mass is 482 g/mol. The molecule has 0 N–H and O–H groups in total. The summed E-state index contributed by atoms with van der Waals surface area (Å²) in [6.45, 7) is 0.124. The van der Waals surface area contributed by atoms with E-state index in [1.54, 1.807) is 30.3 Å². The molecular weight excluding hydrogens is 467 g/mol. The maximum Gasteiger partial charge on any atom is 0.363 e. The zero-order valence-electron chi connectivity index (χ0n) is 17.7. The second-order valence-corrected chi connectivity index (χ2v) is 7.46. The van der Waals surface area contributed by atoms with E-state index in [-0.39, 0.29) is 40.3 Å². The highest BCUT2D eigenvalue weighted by atomic mass is 35.5. The Balaban J connectivity index is 1.68. The lowest BCUT2D eigenvalue weighted by Gasteiger charge is -2.13. The quantitative estimate of drug-likeness (QED) is 0.195. The normalized spacial score (nSPS) is 14.0. The minimum atomic E-state index is -0.759. The van der Waals surface area contributed by atoms with Crippen molar-refractivity contribution in [1.82, 2.24) is 0 Å². The smallest absolute Gasteiger partial charge is 0.363 e. The van der Waals surface area contributed by atoms with Gasteiger partial charge >= 0.3 is 5.97 Å². The van der Waals surface area contributed by atoms with Gasteiger partial charge in [0.05, 0.1) is 22.6 Å². The van der Waals surface area contributed by atoms with Crippen LogP contribution < -0.4 is 9.47 Å². The lowest BCUT2D eigenvalue weighted by Crippen LogP contribution is -2.06. The van der Waals surface area contributed by atoms with E-state index in [0.717, 1.165) is 5.56 Å². The second-order valence-electron chi connectivity index (χ2n) is 7.05. The molecule has 0 aliphatic carbocycles. The molecule has 0 fully saturated rings. The van der Waals surface area contributed by atoms with Crippen molar-refractivity contribution in [2.45, 2.75) is 6.61 Å². The zero-order chi connectivity index (χ0) is 24.2. The van der Waals surface area contributed by atoms with Crippen LogP contribution in [-0.4, -0.2) is 23.9 Å². The van der Waals surface area contributed by atoms with E-state index in [4.69, 9.17) is 25.8 Å². The molecule has 0 saturated heterocycles. The number of hydrogen-bond donors (Lipinski definition) is 0. The maximum atomic E-state index is 13.2. The molecular formula is C24H16ClFN2O6. The number of hydrogen-bond acceptors (Lipinski definition) is 7. The molecule has 0 amide bonds. The third-order valence-corrected chi connectivity index (χ3v) is 5.16. The van der Waals surface area contributed by atoms with Crippen molar-refractivity contribution >= 4 is 35.2 Å². The summed E-state index contributed by atoms with van der Waals surface area (Å²) in [5, 5.41) is 11.2. The van der Waals surface area contributed by atoms with Crippen LogP contribution in [0.2, 0.25) is 5.02 Å². The molecule has 8 nitrogen and oxygen atoms in total. The molecule has 0 atom stereocenters. The van der Waals surface area contributed by atoms with Crippen molar-refractivity contribution in [3.05, 3.63) is 104 Å². The minimum Gasteiger partial charge on any atom is -0.493 e. The summed E-state index contributed by atoms with van der Waals surface area (Å²) in [4.78, 5) is 27.2. The van der Waals surface area contributed by atoms with Gasteiger partial charge < -0.3 is 14.2 Å². The third kappa shape index (κ3) is 4.89. The molecule has 0 spiro atoms. The van der Waals surface area contributed by atoms with Crippen molar-refractivity contribution in [2.75, 3.05) is 7.11 Å². The number of cyclic esters (lactones) is 1. The fourth-order valence-corrected chi connectivity index (χ4v) is 3.36. The van der Waals surface area contributed by atoms with E-state index >= 15 is 0 Å². The average Bonchev–Trinajstić information content (AvgIpc) is 3.19. The summed E-state index contributed by atoms with van der Waals surface area (Å²) in [5.74, 6) is -0.518. The zero-order valence-corrected chi connectivity index (χ0v) is 18.4. The number of esters is 1. The van der Waals surface area contributed by atoms with Crippen molar-refractivity contribution in [3.63, 3.8) is 0 Å². The van der Waals surface area contributed by atoms with Crippen LogP contribution in [0.3, 0.4) is 0 Å². The number of rotatable bonds is 7. The SMILES string of the molecule is COc1cccc(/C=C2\N=C(c3cc([N+](=O)[O-])ccc3Cl)OC2=O)c1OCc1ccc(F)cc1. The van der Waals surface area contributed by atoms with Crippen LogP contribution in [0.4, 0.5) is 10.1 Å². The molecule has 0 bridgehead atoms. The van der Waals surface area contributed by atoms with Crippen LogP contribution in [0.25, 0.3) is 6.08 Å². The Morgan fingerprint density at radius 1 is 1.18 bits per heavy atom. The summed E-state index contributed by atoms with van der Waals surface area (Å²) >= 11 is 6.14. The van der Waals surface area contributed by atoms with Crippen molar-refractivity contribution < 1.29 is 28.3 Å². The van der Waals surface area contributed by atoms with Crippen LogP contribution >= 0.6 is 11.6 Å². The van der Waals surface area contributed by atoms with Gasteiger partial charge in [-0.25, -0.2) is 14.2 Å². The van der Waals surface area contributed by atoms with Crippen molar-refractivity contribution in [3.8, 4) is 11.5 Å². The van der Waals surface area contributed by atoms with Gasteiger partial charge in [0.2, 0.25) is 5.90 Å². The van der Waals surface area contributed by atoms with Gasteiger partial charge in [-0.1, -0.05) is 35.9 Å². The van der Waals surface area contributed by atoms with Gasteiger partial charge in [0.15, 0.2) is 17.2 Å². The highest BCUT2D eigenvalue weighted by Crippen LogP contribution is 2.35. The largest absolute Gasteiger partial charge is 0.493 e. The molecule has 34 heavy (non-hydrogen) atoms. The Morgan fingerprint density at radius 2 is 1.94 bits per heavy atom. The fraction of sp³-hybridized carbons (Fsp3) is 0.0833. The molecule has 0 unspecified atom stereocenters. The van der Waals surface area contributed by atoms with Gasteiger partial charge in [-0.05, 0) is 35.9 Å². The number of carbonyl (C=O) groups excluding carboxylic acids is 1. The third-order valence-electron chi connectivity index (χ3n) is 4.83. The predicted molar refractivity (Wildman–Crippen MR) is 122 cm³/mol. The Labute approximate surface area is 198 Å². The first-order chi connectivity index (χ1) is 16.4. The Kier molecular flexibility index (Phi) is 6.55. The van der Waals surface area contributed by atoms with Gasteiger partial charge in [0.25, 0.3) is 5.69 Å². The van der Waals surface area contributed by atoms with Crippen molar-refractivity contribution in [1.29, 1.82) is 0 Å². The molecule has 0 saturated carbocycles. The van der Waals surface area contributed by atoms with Gasteiger partial charge in [-0.15, -0.1) is 0 Å². The highest BCUT2D eigenvalue weighted by Gasteiger charge is 2.27. The summed E-state index contributed by atoms with van der Waals surface area (Å²) in [6, 6.07) is 14.7. The number of non-ortho nitro benzene ring substituents is 1. The van der Waals surface area contributed by atoms with E-state index in [0.29, 0.717) is 17.1 Å². The summed E-state index contributed by atoms with van der Waals surface area (Å²) in [7, 11) is 1.47. The highest BCUT2D eigenvalue weighted by molar-refractivity contribution is 6.34. The van der Waals surface area contributed by atoms with Crippen LogP contribution in [0.5, 0.6) is 11.5 Å². The minimum absolute atomic E-state index is 0.0579. The fourth-order valence-electron chi connectivity index (χ4n) is 3.16. The van der Waals surface area contributed by atoms with Gasteiger partial charge in [-0.3, -0.25) is 10.1 Å². The first-order valence-corrected chi connectivity index (χ1v) is 10.2. The number of carbonyl (C=O) groups is 1. The number of ether oxygens (including phenoxy) is 3. The topological polar surface area (TPSA) is 100 Å². The van der Waals surface area contributed by atoms with Gasteiger partial charge in [0, 0.05) is 17.7 Å². The number of halogens is 2. The first kappa shape index (κ1) is 22.9. The molecule has 1 aliphatic heterocycles. The standard InChI is InChI=1S/C24H16ClFN2O6/c1-32-21-4-2-3-15(22(21)33-13-14-5-7-16(26)8-6-14)11-20-24(29)34-23(27-20)18-12-17(28(30)31)9-10-19(18)25/h2-12H,13H2,1H3/b20-11-. The van der Waals surface area contributed by atoms with Gasteiger partial charge in [-0.2, -0.15) is 0 Å². The van der Waals surface area contributed by atoms with E-state index in [1.165, 1.54) is 43.5 Å². The van der Waals surface area contributed by atoms with E-state index in [9.17, 15) is 19.3 Å². The van der Waals surface area contributed by atoms with E-state index in [2.05, 4.69) is 4.99 Å². The summed E-state index contributed by atoms with van der Waals surface area (Å²) < 4.78 is 29.7. The molecule has 10 heteroatoms. The van der Waals surface area contributed by atoms with Crippen molar-refractivity contribution in [2.24, 2.45) is 4.99 Å². The maximum absolute atomic E-state index is 13.2. The average molecular weight is 483 g/mol. The van der Waals surface area contributed by atoms with E-state index in [1.807, 2.05) is 0 Å². The summed E-state index contributed by atoms with van der Waals surface area (Å²) in [5.41, 5.74) is 1.04. The number of benzene rings is 3.